The minimum atomic E-state index is -0.158. The van der Waals surface area contributed by atoms with Gasteiger partial charge in [0, 0.05) is 36.9 Å². The molecule has 0 aromatic carbocycles. The molecule has 4 N–H and O–H groups in total. The number of carbonyl (C=O) groups is 2. The fourth-order valence-corrected chi connectivity index (χ4v) is 3.24. The fourth-order valence-electron chi connectivity index (χ4n) is 3.24. The molecule has 0 saturated heterocycles. The van der Waals surface area contributed by atoms with Crippen LogP contribution in [0.15, 0.2) is 18.3 Å². The first kappa shape index (κ1) is 17.4. The Labute approximate surface area is 150 Å². The Morgan fingerprint density at radius 3 is 2.69 bits per heavy atom. The molecule has 0 spiro atoms. The van der Waals surface area contributed by atoms with Gasteiger partial charge in [0.15, 0.2) is 0 Å². The number of nitrogen functional groups attached to an aromatic ring is 1. The lowest BCUT2D eigenvalue weighted by molar-refractivity contribution is -0.105. The Hall–Kier alpha value is -3.42. The Morgan fingerprint density at radius 2 is 2.04 bits per heavy atom. The highest BCUT2D eigenvalue weighted by Crippen LogP contribution is 2.33. The van der Waals surface area contributed by atoms with Crippen LogP contribution in [-0.4, -0.2) is 33.9 Å². The molecule has 0 saturated carbocycles. The standard InChI is InChI=1S/C18H20N6O2/c1-9-15(10(2)24(4)16(9)18(26)20-3)13-5-11-6-14(22-8-25)21-7-12(11)17(19)23-13/h5-8H,1-4H3,(H2,19,23)(H,20,26)(H,21,22,25). The van der Waals surface area contributed by atoms with Crippen LogP contribution in [0.2, 0.25) is 0 Å². The van der Waals surface area contributed by atoms with Crippen molar-refractivity contribution in [1.82, 2.24) is 19.9 Å². The number of aromatic nitrogens is 3. The minimum Gasteiger partial charge on any atom is -0.383 e. The van der Waals surface area contributed by atoms with E-state index >= 15 is 0 Å². The molecule has 0 bridgehead atoms. The molecule has 0 unspecified atom stereocenters. The van der Waals surface area contributed by atoms with Crippen molar-refractivity contribution in [3.8, 4) is 11.3 Å². The average molecular weight is 352 g/mol. The van der Waals surface area contributed by atoms with Gasteiger partial charge in [-0.1, -0.05) is 0 Å². The summed E-state index contributed by atoms with van der Waals surface area (Å²) in [5, 5.41) is 6.69. The summed E-state index contributed by atoms with van der Waals surface area (Å²) in [6, 6.07) is 3.62. The second-order valence-corrected chi connectivity index (χ2v) is 6.02. The molecule has 134 valence electrons. The van der Waals surface area contributed by atoms with Crippen molar-refractivity contribution in [3.05, 3.63) is 35.3 Å². The molecule has 0 aliphatic carbocycles. The third kappa shape index (κ3) is 2.65. The van der Waals surface area contributed by atoms with Crippen LogP contribution in [0.1, 0.15) is 21.7 Å². The van der Waals surface area contributed by atoms with E-state index in [1.165, 1.54) is 0 Å². The number of nitrogens with zero attached hydrogens (tertiary/aromatic N) is 3. The minimum absolute atomic E-state index is 0.158. The van der Waals surface area contributed by atoms with Gasteiger partial charge in [0.25, 0.3) is 5.91 Å². The number of amides is 2. The molecule has 3 rings (SSSR count). The Bertz CT molecular complexity index is 1040. The van der Waals surface area contributed by atoms with E-state index in [1.807, 2.05) is 31.5 Å². The highest BCUT2D eigenvalue weighted by Gasteiger charge is 2.22. The zero-order valence-corrected chi connectivity index (χ0v) is 15.0. The van der Waals surface area contributed by atoms with Crippen LogP contribution in [0.3, 0.4) is 0 Å². The zero-order valence-electron chi connectivity index (χ0n) is 15.0. The highest BCUT2D eigenvalue weighted by atomic mass is 16.2. The summed E-state index contributed by atoms with van der Waals surface area (Å²) in [6.07, 6.45) is 2.15. The molecule has 8 nitrogen and oxygen atoms in total. The Kier molecular flexibility index (Phi) is 4.33. The number of anilines is 2. The normalized spacial score (nSPS) is 10.8. The van der Waals surface area contributed by atoms with Gasteiger partial charge in [0.1, 0.15) is 17.3 Å². The Balaban J connectivity index is 2.26. The molecule has 0 atom stereocenters. The summed E-state index contributed by atoms with van der Waals surface area (Å²) in [5.41, 5.74) is 9.97. The molecule has 0 radical (unpaired) electrons. The van der Waals surface area contributed by atoms with Crippen molar-refractivity contribution in [2.75, 3.05) is 18.1 Å². The molecular formula is C18H20N6O2. The van der Waals surface area contributed by atoms with Gasteiger partial charge < -0.3 is 20.9 Å². The lowest BCUT2D eigenvalue weighted by atomic mass is 10.0. The largest absolute Gasteiger partial charge is 0.383 e. The summed E-state index contributed by atoms with van der Waals surface area (Å²) in [5.74, 6) is 0.609. The van der Waals surface area contributed by atoms with E-state index in [0.29, 0.717) is 34.8 Å². The number of fused-ring (bicyclic) bond motifs is 1. The maximum atomic E-state index is 12.2. The van der Waals surface area contributed by atoms with Gasteiger partial charge in [-0.05, 0) is 36.9 Å². The van der Waals surface area contributed by atoms with Gasteiger partial charge in [-0.15, -0.1) is 0 Å². The molecule has 2 amide bonds. The van der Waals surface area contributed by atoms with Crippen LogP contribution < -0.4 is 16.4 Å². The van der Waals surface area contributed by atoms with Crippen LogP contribution >= 0.6 is 0 Å². The molecule has 3 heterocycles. The van der Waals surface area contributed by atoms with E-state index in [2.05, 4.69) is 20.6 Å². The van der Waals surface area contributed by atoms with Crippen LogP contribution in [0.25, 0.3) is 22.0 Å². The third-order valence-corrected chi connectivity index (χ3v) is 4.58. The molecule has 3 aromatic heterocycles. The van der Waals surface area contributed by atoms with Gasteiger partial charge in [0.2, 0.25) is 6.41 Å². The van der Waals surface area contributed by atoms with E-state index in [4.69, 9.17) is 5.73 Å². The highest BCUT2D eigenvalue weighted by molar-refractivity contribution is 5.99. The number of pyridine rings is 2. The van der Waals surface area contributed by atoms with Crippen molar-refractivity contribution in [1.29, 1.82) is 0 Å². The summed E-state index contributed by atoms with van der Waals surface area (Å²) < 4.78 is 1.84. The molecule has 8 heteroatoms. The van der Waals surface area contributed by atoms with Crippen molar-refractivity contribution in [2.45, 2.75) is 13.8 Å². The van der Waals surface area contributed by atoms with Crippen molar-refractivity contribution in [3.63, 3.8) is 0 Å². The predicted molar refractivity (Wildman–Crippen MR) is 101 cm³/mol. The fraction of sp³-hybridized carbons (Fsp3) is 0.222. The van der Waals surface area contributed by atoms with Gasteiger partial charge in [0.05, 0.1) is 5.69 Å². The van der Waals surface area contributed by atoms with Crippen molar-refractivity contribution >= 4 is 34.7 Å². The average Bonchev–Trinajstić information content (AvgIpc) is 2.83. The van der Waals surface area contributed by atoms with Crippen LogP contribution in [0.4, 0.5) is 11.6 Å². The van der Waals surface area contributed by atoms with E-state index in [-0.39, 0.29) is 5.91 Å². The Morgan fingerprint density at radius 1 is 1.31 bits per heavy atom. The lowest BCUT2D eigenvalue weighted by Gasteiger charge is -2.08. The maximum absolute atomic E-state index is 12.2. The monoisotopic (exact) mass is 352 g/mol. The molecule has 0 aliphatic rings. The molecule has 26 heavy (non-hydrogen) atoms. The van der Waals surface area contributed by atoms with Crippen LogP contribution in [-0.2, 0) is 11.8 Å². The number of rotatable bonds is 4. The summed E-state index contributed by atoms with van der Waals surface area (Å²) in [7, 11) is 3.45. The molecule has 0 fully saturated rings. The molecular weight excluding hydrogens is 332 g/mol. The smallest absolute Gasteiger partial charge is 0.267 e. The quantitative estimate of drug-likeness (QED) is 0.619. The van der Waals surface area contributed by atoms with E-state index in [9.17, 15) is 9.59 Å². The molecule has 3 aromatic rings. The zero-order chi connectivity index (χ0) is 19.0. The van der Waals surface area contributed by atoms with Gasteiger partial charge in [-0.2, -0.15) is 0 Å². The summed E-state index contributed by atoms with van der Waals surface area (Å²) in [6.45, 7) is 3.82. The van der Waals surface area contributed by atoms with E-state index in [0.717, 1.165) is 22.2 Å². The first-order valence-corrected chi connectivity index (χ1v) is 8.03. The lowest BCUT2D eigenvalue weighted by Crippen LogP contribution is -2.21. The second kappa shape index (κ2) is 6.47. The van der Waals surface area contributed by atoms with Crippen molar-refractivity contribution < 1.29 is 9.59 Å². The predicted octanol–water partition coefficient (Wildman–Crippen LogP) is 1.76. The number of nitrogens with two attached hydrogens (primary N) is 1. The summed E-state index contributed by atoms with van der Waals surface area (Å²) in [4.78, 5) is 31.5. The SMILES string of the molecule is CNC(=O)c1c(C)c(-c2cc3cc(NC=O)ncc3c(N)n2)c(C)n1C. The van der Waals surface area contributed by atoms with E-state index < -0.39 is 0 Å². The number of nitrogens with one attached hydrogen (secondary N) is 2. The van der Waals surface area contributed by atoms with Crippen molar-refractivity contribution in [2.24, 2.45) is 7.05 Å². The van der Waals surface area contributed by atoms with Gasteiger partial charge in [-0.3, -0.25) is 9.59 Å². The topological polar surface area (TPSA) is 115 Å². The second-order valence-electron chi connectivity index (χ2n) is 6.02. The number of hydrogen-bond donors (Lipinski definition) is 3. The van der Waals surface area contributed by atoms with E-state index in [1.54, 1.807) is 19.3 Å². The first-order valence-electron chi connectivity index (χ1n) is 8.03. The van der Waals surface area contributed by atoms with Crippen LogP contribution in [0, 0.1) is 13.8 Å². The summed E-state index contributed by atoms with van der Waals surface area (Å²) >= 11 is 0. The van der Waals surface area contributed by atoms with Crippen LogP contribution in [0.5, 0.6) is 0 Å². The van der Waals surface area contributed by atoms with Gasteiger partial charge in [-0.25, -0.2) is 9.97 Å². The first-order chi connectivity index (χ1) is 12.4. The molecule has 0 aliphatic heterocycles. The van der Waals surface area contributed by atoms with Gasteiger partial charge >= 0.3 is 0 Å². The third-order valence-electron chi connectivity index (χ3n) is 4.58. The number of hydrogen-bond acceptors (Lipinski definition) is 5. The maximum Gasteiger partial charge on any atom is 0.267 e. The number of carbonyl (C=O) groups excluding carboxylic acids is 2.